The van der Waals surface area contributed by atoms with Crippen molar-refractivity contribution in [2.45, 2.75) is 77.0 Å². The summed E-state index contributed by atoms with van der Waals surface area (Å²) in [5, 5.41) is 3.10. The molecule has 0 saturated carbocycles. The van der Waals surface area contributed by atoms with Gasteiger partial charge in [0.1, 0.15) is 5.82 Å². The molecule has 2 fully saturated rings. The quantitative estimate of drug-likeness (QED) is 0.232. The van der Waals surface area contributed by atoms with Gasteiger partial charge in [-0.05, 0) is 82.3 Å². The molecule has 2 unspecified atom stereocenters. The number of hydrogen-bond donors (Lipinski definition) is 1. The first-order valence-corrected chi connectivity index (χ1v) is 16.8. The lowest BCUT2D eigenvalue weighted by Crippen LogP contribution is -2.45. The van der Waals surface area contributed by atoms with E-state index in [9.17, 15) is 9.59 Å². The van der Waals surface area contributed by atoms with Crippen LogP contribution in [-0.2, 0) is 13.0 Å². The molecule has 0 radical (unpaired) electrons. The molecule has 4 heterocycles. The van der Waals surface area contributed by atoms with Crippen molar-refractivity contribution < 1.29 is 9.59 Å². The Morgan fingerprint density at radius 1 is 0.870 bits per heavy atom. The van der Waals surface area contributed by atoms with E-state index in [1.54, 1.807) is 0 Å². The van der Waals surface area contributed by atoms with E-state index in [1.807, 2.05) is 102 Å². The van der Waals surface area contributed by atoms with Gasteiger partial charge >= 0.3 is 6.03 Å². The number of aryl methyl sites for hydroxylation is 2. The van der Waals surface area contributed by atoms with Crippen molar-refractivity contribution in [1.82, 2.24) is 19.4 Å². The van der Waals surface area contributed by atoms with Gasteiger partial charge in [0, 0.05) is 66.8 Å². The van der Waals surface area contributed by atoms with Crippen LogP contribution in [-0.4, -0.2) is 63.0 Å². The van der Waals surface area contributed by atoms with Gasteiger partial charge in [-0.3, -0.25) is 14.6 Å². The van der Waals surface area contributed by atoms with E-state index in [0.717, 1.165) is 67.2 Å². The standard InChI is InChI=1S/C38H44N6O2/c1-27-14-16-30(17-15-27)40-38(46)43(31-12-7-4-8-13-31)22-9-21-42-32-18-19-33(42)25-34(24-32)44-28(2)39-35-26-41(23-20-36(35)44)37(45)29-10-5-3-6-11-29/h3-8,10-17,32-34H,9,18-26H2,1-2H3,(H,40,46). The Kier molecular flexibility index (Phi) is 8.63. The van der Waals surface area contributed by atoms with Crippen LogP contribution >= 0.6 is 0 Å². The van der Waals surface area contributed by atoms with E-state index in [4.69, 9.17) is 4.98 Å². The van der Waals surface area contributed by atoms with Crippen LogP contribution < -0.4 is 10.2 Å². The van der Waals surface area contributed by atoms with E-state index in [2.05, 4.69) is 21.7 Å². The second-order valence-corrected chi connectivity index (χ2v) is 13.2. The molecule has 7 rings (SSSR count). The Hall–Kier alpha value is -4.43. The number of amides is 3. The first-order valence-electron chi connectivity index (χ1n) is 16.8. The van der Waals surface area contributed by atoms with E-state index in [0.29, 0.717) is 31.2 Å². The summed E-state index contributed by atoms with van der Waals surface area (Å²) in [4.78, 5) is 38.1. The molecule has 1 N–H and O–H groups in total. The number of hydrogen-bond acceptors (Lipinski definition) is 4. The largest absolute Gasteiger partial charge is 0.332 e. The van der Waals surface area contributed by atoms with Crippen molar-refractivity contribution in [3.8, 4) is 0 Å². The third-order valence-corrected chi connectivity index (χ3v) is 10.2. The zero-order chi connectivity index (χ0) is 31.6. The summed E-state index contributed by atoms with van der Waals surface area (Å²) in [5.74, 6) is 1.17. The molecule has 238 valence electrons. The van der Waals surface area contributed by atoms with Crippen molar-refractivity contribution in [3.05, 3.63) is 113 Å². The molecule has 4 aromatic rings. The van der Waals surface area contributed by atoms with E-state index in [-0.39, 0.29) is 11.9 Å². The van der Waals surface area contributed by atoms with Crippen LogP contribution in [0.3, 0.4) is 0 Å². The van der Waals surface area contributed by atoms with E-state index < -0.39 is 0 Å². The number of piperidine rings is 1. The van der Waals surface area contributed by atoms with Crippen molar-refractivity contribution in [2.75, 3.05) is 29.9 Å². The molecule has 2 atom stereocenters. The van der Waals surface area contributed by atoms with Gasteiger partial charge in [0.05, 0.1) is 12.2 Å². The number of urea groups is 1. The molecule has 3 aliphatic heterocycles. The van der Waals surface area contributed by atoms with Crippen LogP contribution in [0.2, 0.25) is 0 Å². The van der Waals surface area contributed by atoms with Crippen molar-refractivity contribution in [2.24, 2.45) is 0 Å². The number of fused-ring (bicyclic) bond motifs is 3. The molecule has 0 aliphatic carbocycles. The SMILES string of the molecule is Cc1ccc(NC(=O)N(CCCN2C3CCC2CC(n2c(C)nc4c2CCN(C(=O)c2ccccc2)C4)C3)c2ccccc2)cc1. The normalized spacial score (nSPS) is 20.7. The van der Waals surface area contributed by atoms with Crippen LogP contribution in [0.4, 0.5) is 16.2 Å². The van der Waals surface area contributed by atoms with Gasteiger partial charge in [-0.1, -0.05) is 54.1 Å². The minimum Gasteiger partial charge on any atom is -0.332 e. The number of para-hydroxylation sites is 1. The van der Waals surface area contributed by atoms with Gasteiger partial charge in [0.25, 0.3) is 5.91 Å². The highest BCUT2D eigenvalue weighted by Crippen LogP contribution is 2.42. The number of nitrogens with zero attached hydrogens (tertiary/aromatic N) is 5. The number of rotatable bonds is 8. The number of benzene rings is 3. The molecule has 8 nitrogen and oxygen atoms in total. The average Bonchev–Trinajstić information content (AvgIpc) is 3.53. The summed E-state index contributed by atoms with van der Waals surface area (Å²) >= 11 is 0. The first-order chi connectivity index (χ1) is 22.4. The third kappa shape index (κ3) is 6.18. The minimum atomic E-state index is -0.0962. The van der Waals surface area contributed by atoms with Crippen LogP contribution in [0.15, 0.2) is 84.9 Å². The topological polar surface area (TPSA) is 73.7 Å². The summed E-state index contributed by atoms with van der Waals surface area (Å²) in [6, 6.07) is 29.0. The molecule has 46 heavy (non-hydrogen) atoms. The maximum atomic E-state index is 13.4. The second-order valence-electron chi connectivity index (χ2n) is 13.2. The van der Waals surface area contributed by atoms with Gasteiger partial charge in [-0.25, -0.2) is 9.78 Å². The molecule has 8 heteroatoms. The van der Waals surface area contributed by atoms with Gasteiger partial charge in [-0.2, -0.15) is 0 Å². The maximum absolute atomic E-state index is 13.4. The lowest BCUT2D eigenvalue weighted by molar-refractivity contribution is 0.0728. The number of imidazole rings is 1. The molecule has 3 aliphatic rings. The molecule has 2 bridgehead atoms. The maximum Gasteiger partial charge on any atom is 0.326 e. The predicted octanol–water partition coefficient (Wildman–Crippen LogP) is 7.00. The number of aromatic nitrogens is 2. The Bertz CT molecular complexity index is 1650. The Morgan fingerprint density at radius 2 is 1.54 bits per heavy atom. The van der Waals surface area contributed by atoms with Crippen molar-refractivity contribution >= 4 is 23.3 Å². The van der Waals surface area contributed by atoms with Crippen LogP contribution in [0, 0.1) is 13.8 Å². The molecule has 3 amide bonds. The van der Waals surface area contributed by atoms with Gasteiger partial charge in [0.2, 0.25) is 0 Å². The van der Waals surface area contributed by atoms with Gasteiger partial charge in [-0.15, -0.1) is 0 Å². The first kappa shape index (κ1) is 30.2. The lowest BCUT2D eigenvalue weighted by Gasteiger charge is -2.41. The predicted molar refractivity (Wildman–Crippen MR) is 182 cm³/mol. The smallest absolute Gasteiger partial charge is 0.326 e. The Morgan fingerprint density at radius 3 is 2.24 bits per heavy atom. The summed E-state index contributed by atoms with van der Waals surface area (Å²) < 4.78 is 2.52. The highest BCUT2D eigenvalue weighted by Gasteiger charge is 2.42. The highest BCUT2D eigenvalue weighted by atomic mass is 16.2. The number of carbonyl (C=O) groups is 2. The zero-order valence-electron chi connectivity index (χ0n) is 26.9. The molecular weight excluding hydrogens is 572 g/mol. The number of anilines is 2. The van der Waals surface area contributed by atoms with Crippen LogP contribution in [0.5, 0.6) is 0 Å². The molecule has 1 aromatic heterocycles. The third-order valence-electron chi connectivity index (χ3n) is 10.2. The summed E-state index contributed by atoms with van der Waals surface area (Å²) in [6.07, 6.45) is 6.48. The lowest BCUT2D eigenvalue weighted by atomic mass is 9.95. The molecule has 3 aromatic carbocycles. The second kappa shape index (κ2) is 13.1. The molecular formula is C38H44N6O2. The highest BCUT2D eigenvalue weighted by molar-refractivity contribution is 6.01. The van der Waals surface area contributed by atoms with Gasteiger partial charge < -0.3 is 14.8 Å². The van der Waals surface area contributed by atoms with Crippen LogP contribution in [0.1, 0.15) is 71.3 Å². The Labute approximate surface area is 272 Å². The van der Waals surface area contributed by atoms with Crippen molar-refractivity contribution in [1.29, 1.82) is 0 Å². The monoisotopic (exact) mass is 616 g/mol. The van der Waals surface area contributed by atoms with E-state index >= 15 is 0 Å². The van der Waals surface area contributed by atoms with Crippen molar-refractivity contribution in [3.63, 3.8) is 0 Å². The molecule has 2 saturated heterocycles. The zero-order valence-corrected chi connectivity index (χ0v) is 26.9. The fourth-order valence-corrected chi connectivity index (χ4v) is 7.98. The Balaban J connectivity index is 0.986. The number of nitrogens with one attached hydrogen (secondary N) is 1. The minimum absolute atomic E-state index is 0.0864. The fourth-order valence-electron chi connectivity index (χ4n) is 7.98. The van der Waals surface area contributed by atoms with E-state index in [1.165, 1.54) is 24.1 Å². The molecule has 0 spiro atoms. The summed E-state index contributed by atoms with van der Waals surface area (Å²) in [7, 11) is 0. The van der Waals surface area contributed by atoms with Gasteiger partial charge in [0.15, 0.2) is 0 Å². The summed E-state index contributed by atoms with van der Waals surface area (Å²) in [5.41, 5.74) is 6.02. The number of carbonyl (C=O) groups excluding carboxylic acids is 2. The summed E-state index contributed by atoms with van der Waals surface area (Å²) in [6.45, 7) is 7.14. The fraction of sp³-hybridized carbons (Fsp3) is 0.395. The van der Waals surface area contributed by atoms with Crippen LogP contribution in [0.25, 0.3) is 0 Å². The average molecular weight is 617 g/mol.